The van der Waals surface area contributed by atoms with E-state index in [0.717, 1.165) is 11.3 Å². The van der Waals surface area contributed by atoms with Gasteiger partial charge in [0.25, 0.3) is 5.91 Å². The number of nitrogens with two attached hydrogens (primary N) is 1. The Morgan fingerprint density at radius 1 is 1.41 bits per heavy atom. The van der Waals surface area contributed by atoms with E-state index >= 15 is 0 Å². The Morgan fingerprint density at radius 3 is 2.53 bits per heavy atom. The number of nitrogens with one attached hydrogen (secondary N) is 1. The summed E-state index contributed by atoms with van der Waals surface area (Å²) in [7, 11) is 0. The smallest absolute Gasteiger partial charge is 0.254 e. The van der Waals surface area contributed by atoms with E-state index < -0.39 is 12.0 Å². The highest BCUT2D eigenvalue weighted by atomic mass is 16.3. The molecule has 4 nitrogen and oxygen atoms in total. The van der Waals surface area contributed by atoms with Crippen molar-refractivity contribution < 1.29 is 9.90 Å². The van der Waals surface area contributed by atoms with Gasteiger partial charge >= 0.3 is 0 Å². The fourth-order valence-electron chi connectivity index (χ4n) is 1.57. The van der Waals surface area contributed by atoms with Crippen molar-refractivity contribution in [1.29, 1.82) is 0 Å². The quantitative estimate of drug-likeness (QED) is 0.739. The second kappa shape index (κ2) is 5.29. The lowest BCUT2D eigenvalue weighted by molar-refractivity contribution is -0.123. The van der Waals surface area contributed by atoms with Gasteiger partial charge in [-0.1, -0.05) is 39.0 Å². The Morgan fingerprint density at radius 2 is 2.00 bits per heavy atom. The van der Waals surface area contributed by atoms with Gasteiger partial charge in [-0.05, 0) is 17.0 Å². The number of anilines is 1. The lowest BCUT2D eigenvalue weighted by Crippen LogP contribution is -2.34. The average molecular weight is 236 g/mol. The molecule has 0 spiro atoms. The number of carbonyl (C=O) groups is 1. The van der Waals surface area contributed by atoms with E-state index in [1.54, 1.807) is 0 Å². The summed E-state index contributed by atoms with van der Waals surface area (Å²) >= 11 is 0. The van der Waals surface area contributed by atoms with Crippen molar-refractivity contribution in [3.05, 3.63) is 29.8 Å². The molecule has 94 valence electrons. The van der Waals surface area contributed by atoms with Crippen LogP contribution in [0.15, 0.2) is 24.3 Å². The molecule has 0 saturated carbocycles. The minimum absolute atomic E-state index is 0.0719. The fraction of sp³-hybridized carbons (Fsp3) is 0.462. The maximum atomic E-state index is 11.6. The molecular weight excluding hydrogens is 216 g/mol. The number of hydrogen-bond donors (Lipinski definition) is 3. The normalized spacial score (nSPS) is 13.2. The molecule has 1 aromatic rings. The average Bonchev–Trinajstić information content (AvgIpc) is 2.27. The number of rotatable bonds is 3. The van der Waals surface area contributed by atoms with E-state index in [1.165, 1.54) is 0 Å². The molecule has 0 fully saturated rings. The van der Waals surface area contributed by atoms with Gasteiger partial charge in [0.2, 0.25) is 0 Å². The zero-order valence-electron chi connectivity index (χ0n) is 10.5. The maximum Gasteiger partial charge on any atom is 0.254 e. The molecule has 4 N–H and O–H groups in total. The number of para-hydroxylation sites is 1. The third-order valence-electron chi connectivity index (χ3n) is 2.52. The summed E-state index contributed by atoms with van der Waals surface area (Å²) < 4.78 is 0. The lowest BCUT2D eigenvalue weighted by atomic mass is 9.86. The van der Waals surface area contributed by atoms with Crippen LogP contribution in [0.4, 0.5) is 5.69 Å². The number of hydrogen-bond acceptors (Lipinski definition) is 3. The van der Waals surface area contributed by atoms with Crippen LogP contribution in [0.2, 0.25) is 0 Å². The van der Waals surface area contributed by atoms with Crippen molar-refractivity contribution >= 4 is 11.6 Å². The molecule has 0 saturated heterocycles. The zero-order chi connectivity index (χ0) is 13.1. The Bertz CT molecular complexity index is 397. The summed E-state index contributed by atoms with van der Waals surface area (Å²) in [6.45, 7) is 6.12. The second-order valence-electron chi connectivity index (χ2n) is 5.04. The highest BCUT2D eigenvalue weighted by Crippen LogP contribution is 2.29. The largest absolute Gasteiger partial charge is 0.382 e. The molecule has 4 heteroatoms. The third kappa shape index (κ3) is 3.54. The predicted molar refractivity (Wildman–Crippen MR) is 68.8 cm³/mol. The van der Waals surface area contributed by atoms with Crippen LogP contribution < -0.4 is 11.1 Å². The molecule has 0 aromatic heterocycles. The first-order valence-electron chi connectivity index (χ1n) is 5.64. The molecule has 0 heterocycles. The number of benzene rings is 1. The first kappa shape index (κ1) is 13.7. The van der Waals surface area contributed by atoms with Crippen molar-refractivity contribution in [2.24, 2.45) is 5.73 Å². The molecule has 1 aromatic carbocycles. The highest BCUT2D eigenvalue weighted by Gasteiger charge is 2.20. The van der Waals surface area contributed by atoms with Gasteiger partial charge in [0.05, 0.1) is 0 Å². The molecule has 17 heavy (non-hydrogen) atoms. The first-order valence-corrected chi connectivity index (χ1v) is 5.64. The Hall–Kier alpha value is -1.39. The van der Waals surface area contributed by atoms with Gasteiger partial charge in [-0.3, -0.25) is 4.79 Å². The number of amides is 1. The Labute approximate surface area is 102 Å². The van der Waals surface area contributed by atoms with Gasteiger partial charge in [-0.25, -0.2) is 0 Å². The molecule has 1 rings (SSSR count). The van der Waals surface area contributed by atoms with Gasteiger partial charge in [0, 0.05) is 12.2 Å². The summed E-state index contributed by atoms with van der Waals surface area (Å²) in [4.78, 5) is 11.6. The van der Waals surface area contributed by atoms with Crippen molar-refractivity contribution in [3.63, 3.8) is 0 Å². The van der Waals surface area contributed by atoms with E-state index in [-0.39, 0.29) is 12.0 Å². The minimum Gasteiger partial charge on any atom is -0.382 e. The summed E-state index contributed by atoms with van der Waals surface area (Å²) in [5.41, 5.74) is 6.91. The topological polar surface area (TPSA) is 75.3 Å². The van der Waals surface area contributed by atoms with Crippen LogP contribution in [0.3, 0.4) is 0 Å². The van der Waals surface area contributed by atoms with E-state index in [0.29, 0.717) is 0 Å². The van der Waals surface area contributed by atoms with Crippen LogP contribution >= 0.6 is 0 Å². The van der Waals surface area contributed by atoms with E-state index in [2.05, 4.69) is 26.1 Å². The fourth-order valence-corrected chi connectivity index (χ4v) is 1.57. The highest BCUT2D eigenvalue weighted by molar-refractivity contribution is 5.95. The van der Waals surface area contributed by atoms with Gasteiger partial charge < -0.3 is 16.2 Å². The van der Waals surface area contributed by atoms with Crippen LogP contribution in [0.1, 0.15) is 26.3 Å². The van der Waals surface area contributed by atoms with Crippen molar-refractivity contribution in [3.8, 4) is 0 Å². The van der Waals surface area contributed by atoms with Crippen LogP contribution in [0.5, 0.6) is 0 Å². The molecule has 0 aliphatic heterocycles. The van der Waals surface area contributed by atoms with Crippen molar-refractivity contribution in [1.82, 2.24) is 0 Å². The van der Waals surface area contributed by atoms with Gasteiger partial charge in [-0.2, -0.15) is 0 Å². The lowest BCUT2D eigenvalue weighted by Gasteiger charge is -2.23. The monoisotopic (exact) mass is 236 g/mol. The zero-order valence-corrected chi connectivity index (χ0v) is 10.5. The summed E-state index contributed by atoms with van der Waals surface area (Å²) in [6, 6.07) is 7.56. The molecule has 1 amide bonds. The molecule has 1 unspecified atom stereocenters. The summed E-state index contributed by atoms with van der Waals surface area (Å²) in [5.74, 6) is -0.468. The van der Waals surface area contributed by atoms with E-state index in [4.69, 9.17) is 5.73 Å². The third-order valence-corrected chi connectivity index (χ3v) is 2.52. The Balaban J connectivity index is 2.96. The molecular formula is C13H20N2O2. The van der Waals surface area contributed by atoms with Crippen LogP contribution in [0, 0.1) is 0 Å². The Kier molecular flexibility index (Phi) is 4.26. The maximum absolute atomic E-state index is 11.6. The van der Waals surface area contributed by atoms with E-state index in [1.807, 2.05) is 24.3 Å². The van der Waals surface area contributed by atoms with E-state index in [9.17, 15) is 9.90 Å². The molecule has 0 bridgehead atoms. The van der Waals surface area contributed by atoms with Gasteiger partial charge in [0.1, 0.15) is 6.10 Å². The summed E-state index contributed by atoms with van der Waals surface area (Å²) in [6.07, 6.45) is -1.16. The summed E-state index contributed by atoms with van der Waals surface area (Å²) in [5, 5.41) is 12.0. The molecule has 0 aliphatic rings. The van der Waals surface area contributed by atoms with Crippen LogP contribution in [0.25, 0.3) is 0 Å². The SMILES string of the molecule is CC(C)(C)c1ccccc1NC(=O)C(O)CN. The first-order chi connectivity index (χ1) is 7.86. The molecule has 0 aliphatic carbocycles. The number of carbonyl (C=O) groups excluding carboxylic acids is 1. The molecule has 0 radical (unpaired) electrons. The minimum atomic E-state index is -1.16. The number of aliphatic hydroxyl groups is 1. The number of aliphatic hydroxyl groups excluding tert-OH is 1. The van der Waals surface area contributed by atoms with Crippen molar-refractivity contribution in [2.75, 3.05) is 11.9 Å². The van der Waals surface area contributed by atoms with Crippen molar-refractivity contribution in [2.45, 2.75) is 32.3 Å². The standard InChI is InChI=1S/C13H20N2O2/c1-13(2,3)9-6-4-5-7-10(9)15-12(17)11(16)8-14/h4-7,11,16H,8,14H2,1-3H3,(H,15,17). The van der Waals surface area contributed by atoms with Crippen LogP contribution in [-0.4, -0.2) is 23.7 Å². The molecule has 1 atom stereocenters. The van der Waals surface area contributed by atoms with Gasteiger partial charge in [-0.15, -0.1) is 0 Å². The second-order valence-corrected chi connectivity index (χ2v) is 5.04. The predicted octanol–water partition coefficient (Wildman–Crippen LogP) is 1.24. The van der Waals surface area contributed by atoms with Crippen LogP contribution in [-0.2, 0) is 10.2 Å². The van der Waals surface area contributed by atoms with Gasteiger partial charge in [0.15, 0.2) is 0 Å².